The second kappa shape index (κ2) is 6.16. The molecule has 0 saturated heterocycles. The van der Waals surface area contributed by atoms with Gasteiger partial charge < -0.3 is 9.84 Å². The zero-order valence-electron chi connectivity index (χ0n) is 10.7. The third kappa shape index (κ3) is 3.01. The normalized spacial score (nSPS) is 12.3. The third-order valence-corrected chi connectivity index (χ3v) is 3.12. The van der Waals surface area contributed by atoms with E-state index in [0.717, 1.165) is 11.1 Å². The molecule has 0 aliphatic carbocycles. The lowest BCUT2D eigenvalue weighted by molar-refractivity contribution is -0.149. The molecule has 3 nitrogen and oxygen atoms in total. The summed E-state index contributed by atoms with van der Waals surface area (Å²) in [4.78, 5) is 11.4. The monoisotopic (exact) mass is 256 g/mol. The SMILES string of the molecule is COC(C(=O)O)C(c1ccccc1)c1ccccc1. The molecule has 2 aromatic rings. The van der Waals surface area contributed by atoms with Gasteiger partial charge in [0.15, 0.2) is 6.10 Å². The van der Waals surface area contributed by atoms with E-state index in [1.165, 1.54) is 7.11 Å². The number of methoxy groups -OCH3 is 1. The van der Waals surface area contributed by atoms with E-state index < -0.39 is 12.1 Å². The van der Waals surface area contributed by atoms with Gasteiger partial charge in [-0.05, 0) is 11.1 Å². The van der Waals surface area contributed by atoms with E-state index in [9.17, 15) is 9.90 Å². The fraction of sp³-hybridized carbons (Fsp3) is 0.188. The summed E-state index contributed by atoms with van der Waals surface area (Å²) in [6, 6.07) is 19.1. The molecule has 0 heterocycles. The lowest BCUT2D eigenvalue weighted by Gasteiger charge is -2.23. The summed E-state index contributed by atoms with van der Waals surface area (Å²) in [6.45, 7) is 0. The first-order valence-electron chi connectivity index (χ1n) is 6.09. The van der Waals surface area contributed by atoms with Crippen molar-refractivity contribution in [2.24, 2.45) is 0 Å². The number of hydrogen-bond donors (Lipinski definition) is 1. The molecule has 0 bridgehead atoms. The number of carbonyl (C=O) groups is 1. The number of hydrogen-bond acceptors (Lipinski definition) is 2. The van der Waals surface area contributed by atoms with Crippen LogP contribution in [0.25, 0.3) is 0 Å². The minimum absolute atomic E-state index is 0.315. The van der Waals surface area contributed by atoms with Crippen LogP contribution in [-0.4, -0.2) is 24.3 Å². The largest absolute Gasteiger partial charge is 0.479 e. The van der Waals surface area contributed by atoms with Crippen molar-refractivity contribution >= 4 is 5.97 Å². The molecule has 0 amide bonds. The van der Waals surface area contributed by atoms with E-state index in [2.05, 4.69) is 0 Å². The Morgan fingerprint density at radius 3 is 1.68 bits per heavy atom. The first-order valence-corrected chi connectivity index (χ1v) is 6.09. The van der Waals surface area contributed by atoms with E-state index in [-0.39, 0.29) is 5.92 Å². The highest BCUT2D eigenvalue weighted by molar-refractivity contribution is 5.75. The Balaban J connectivity index is 2.48. The Bertz CT molecular complexity index is 483. The molecule has 0 fully saturated rings. The molecule has 0 spiro atoms. The first-order chi connectivity index (χ1) is 9.24. The van der Waals surface area contributed by atoms with Gasteiger partial charge >= 0.3 is 5.97 Å². The van der Waals surface area contributed by atoms with Gasteiger partial charge in [-0.15, -0.1) is 0 Å². The molecular weight excluding hydrogens is 240 g/mol. The summed E-state index contributed by atoms with van der Waals surface area (Å²) in [5.41, 5.74) is 1.87. The molecule has 3 heteroatoms. The van der Waals surface area contributed by atoms with Gasteiger partial charge in [0.05, 0.1) is 0 Å². The van der Waals surface area contributed by atoms with Gasteiger partial charge in [0.25, 0.3) is 0 Å². The molecule has 1 atom stereocenters. The van der Waals surface area contributed by atoms with Crippen molar-refractivity contribution in [1.82, 2.24) is 0 Å². The van der Waals surface area contributed by atoms with Gasteiger partial charge in [-0.1, -0.05) is 60.7 Å². The average Bonchev–Trinajstić information content (AvgIpc) is 2.46. The fourth-order valence-corrected chi connectivity index (χ4v) is 2.24. The van der Waals surface area contributed by atoms with Gasteiger partial charge in [0.1, 0.15) is 0 Å². The van der Waals surface area contributed by atoms with Crippen molar-refractivity contribution in [1.29, 1.82) is 0 Å². The third-order valence-electron chi connectivity index (χ3n) is 3.12. The molecule has 2 rings (SSSR count). The molecule has 0 aliphatic rings. The lowest BCUT2D eigenvalue weighted by Crippen LogP contribution is -2.30. The topological polar surface area (TPSA) is 46.5 Å². The van der Waals surface area contributed by atoms with Gasteiger partial charge in [-0.2, -0.15) is 0 Å². The highest BCUT2D eigenvalue weighted by atomic mass is 16.5. The molecule has 0 radical (unpaired) electrons. The summed E-state index contributed by atoms with van der Waals surface area (Å²) in [6.07, 6.45) is -0.898. The van der Waals surface area contributed by atoms with Crippen LogP contribution in [-0.2, 0) is 9.53 Å². The minimum Gasteiger partial charge on any atom is -0.479 e. The summed E-state index contributed by atoms with van der Waals surface area (Å²) >= 11 is 0. The van der Waals surface area contributed by atoms with Crippen molar-refractivity contribution in [2.75, 3.05) is 7.11 Å². The maximum Gasteiger partial charge on any atom is 0.333 e. The van der Waals surface area contributed by atoms with Crippen LogP contribution >= 0.6 is 0 Å². The standard InChI is InChI=1S/C16H16O3/c1-19-15(16(17)18)14(12-8-4-2-5-9-12)13-10-6-3-7-11-13/h2-11,14-15H,1H3,(H,17,18). The van der Waals surface area contributed by atoms with E-state index in [4.69, 9.17) is 4.74 Å². The molecule has 1 unspecified atom stereocenters. The smallest absolute Gasteiger partial charge is 0.333 e. The van der Waals surface area contributed by atoms with Crippen LogP contribution in [0, 0.1) is 0 Å². The minimum atomic E-state index is -0.958. The highest BCUT2D eigenvalue weighted by Gasteiger charge is 2.30. The second-order valence-corrected chi connectivity index (χ2v) is 4.29. The molecule has 2 aromatic carbocycles. The van der Waals surface area contributed by atoms with E-state index >= 15 is 0 Å². The van der Waals surface area contributed by atoms with Crippen LogP contribution in [0.4, 0.5) is 0 Å². The van der Waals surface area contributed by atoms with Gasteiger partial charge in [0.2, 0.25) is 0 Å². The van der Waals surface area contributed by atoms with E-state index in [0.29, 0.717) is 0 Å². The van der Waals surface area contributed by atoms with Crippen LogP contribution in [0.1, 0.15) is 17.0 Å². The van der Waals surface area contributed by atoms with Crippen LogP contribution in [0.5, 0.6) is 0 Å². The average molecular weight is 256 g/mol. The van der Waals surface area contributed by atoms with Crippen molar-refractivity contribution in [3.05, 3.63) is 71.8 Å². The first kappa shape index (κ1) is 13.3. The molecule has 0 saturated carbocycles. The van der Waals surface area contributed by atoms with Crippen molar-refractivity contribution in [3.63, 3.8) is 0 Å². The lowest BCUT2D eigenvalue weighted by atomic mass is 9.86. The van der Waals surface area contributed by atoms with Crippen LogP contribution in [0.3, 0.4) is 0 Å². The van der Waals surface area contributed by atoms with Gasteiger partial charge in [-0.3, -0.25) is 0 Å². The number of carboxylic acid groups (broad SMARTS) is 1. The molecule has 0 aliphatic heterocycles. The summed E-state index contributed by atoms with van der Waals surface area (Å²) in [7, 11) is 1.43. The Kier molecular flexibility index (Phi) is 4.31. The quantitative estimate of drug-likeness (QED) is 0.894. The Labute approximate surface area is 112 Å². The van der Waals surface area contributed by atoms with E-state index in [1.807, 2.05) is 60.7 Å². The zero-order chi connectivity index (χ0) is 13.7. The molecule has 98 valence electrons. The number of rotatable bonds is 5. The molecule has 0 aromatic heterocycles. The van der Waals surface area contributed by atoms with Crippen LogP contribution < -0.4 is 0 Å². The summed E-state index contributed by atoms with van der Waals surface area (Å²) < 4.78 is 5.18. The molecule has 1 N–H and O–H groups in total. The Hall–Kier alpha value is -2.13. The number of aliphatic carboxylic acids is 1. The molecule has 19 heavy (non-hydrogen) atoms. The Morgan fingerprint density at radius 2 is 1.37 bits per heavy atom. The maximum absolute atomic E-state index is 11.4. The summed E-state index contributed by atoms with van der Waals surface area (Å²) in [5.74, 6) is -1.27. The van der Waals surface area contributed by atoms with Crippen LogP contribution in [0.2, 0.25) is 0 Å². The number of carboxylic acids is 1. The summed E-state index contributed by atoms with van der Waals surface area (Å²) in [5, 5.41) is 9.34. The predicted octanol–water partition coefficient (Wildman–Crippen LogP) is 2.92. The van der Waals surface area contributed by atoms with Gasteiger partial charge in [-0.25, -0.2) is 4.79 Å². The van der Waals surface area contributed by atoms with Crippen molar-refractivity contribution in [3.8, 4) is 0 Å². The Morgan fingerprint density at radius 1 is 0.947 bits per heavy atom. The number of benzene rings is 2. The number of ether oxygens (including phenoxy) is 1. The predicted molar refractivity (Wildman–Crippen MR) is 73.2 cm³/mol. The van der Waals surface area contributed by atoms with Crippen molar-refractivity contribution < 1.29 is 14.6 Å². The zero-order valence-corrected chi connectivity index (χ0v) is 10.7. The van der Waals surface area contributed by atoms with Crippen LogP contribution in [0.15, 0.2) is 60.7 Å². The second-order valence-electron chi connectivity index (χ2n) is 4.29. The van der Waals surface area contributed by atoms with Crippen molar-refractivity contribution in [2.45, 2.75) is 12.0 Å². The van der Waals surface area contributed by atoms with E-state index in [1.54, 1.807) is 0 Å². The fourth-order valence-electron chi connectivity index (χ4n) is 2.24. The van der Waals surface area contributed by atoms with Gasteiger partial charge in [0, 0.05) is 13.0 Å². The highest BCUT2D eigenvalue weighted by Crippen LogP contribution is 2.29. The molecular formula is C16H16O3. The maximum atomic E-state index is 11.4.